The molecule has 3 rings (SSSR count). The van der Waals surface area contributed by atoms with E-state index in [0.29, 0.717) is 0 Å². The standard InChI is InChI=1S/C18H15NO7/c1-24-18(23)26-7-6-25-12-8-11(20)13-14(15(12)19)17(22)10-5-3-2-4-9(10)16(13)21/h2-5,8,20H,6-7,19H2,1H3. The van der Waals surface area contributed by atoms with Crippen molar-refractivity contribution in [1.82, 2.24) is 0 Å². The molecule has 8 nitrogen and oxygen atoms in total. The van der Waals surface area contributed by atoms with Crippen LogP contribution in [0.2, 0.25) is 0 Å². The maximum absolute atomic E-state index is 12.8. The molecule has 0 saturated heterocycles. The number of ether oxygens (including phenoxy) is 3. The molecule has 0 heterocycles. The number of nitrogens with two attached hydrogens (primary N) is 1. The van der Waals surface area contributed by atoms with E-state index in [1.165, 1.54) is 19.2 Å². The lowest BCUT2D eigenvalue weighted by atomic mass is 9.82. The Labute approximate surface area is 148 Å². The Bertz CT molecular complexity index is 920. The SMILES string of the molecule is COC(=O)OCCOc1cc(O)c2c(c1N)C(=O)c1ccccc1C2=O. The fraction of sp³-hybridized carbons (Fsp3) is 0.167. The van der Waals surface area contributed by atoms with Gasteiger partial charge in [0.25, 0.3) is 0 Å². The summed E-state index contributed by atoms with van der Waals surface area (Å²) in [7, 11) is 1.17. The molecule has 0 unspecified atom stereocenters. The van der Waals surface area contributed by atoms with Crippen molar-refractivity contribution in [3.05, 3.63) is 52.6 Å². The van der Waals surface area contributed by atoms with Crippen molar-refractivity contribution in [2.75, 3.05) is 26.1 Å². The highest BCUT2D eigenvalue weighted by molar-refractivity contribution is 6.31. The highest BCUT2D eigenvalue weighted by atomic mass is 16.7. The predicted molar refractivity (Wildman–Crippen MR) is 89.7 cm³/mol. The number of benzene rings is 2. The van der Waals surface area contributed by atoms with Gasteiger partial charge in [-0.2, -0.15) is 0 Å². The van der Waals surface area contributed by atoms with Gasteiger partial charge in [-0.3, -0.25) is 9.59 Å². The number of anilines is 1. The topological polar surface area (TPSA) is 125 Å². The fourth-order valence-electron chi connectivity index (χ4n) is 2.73. The van der Waals surface area contributed by atoms with E-state index in [1.807, 2.05) is 0 Å². The molecule has 0 amide bonds. The summed E-state index contributed by atoms with van der Waals surface area (Å²) in [6, 6.07) is 7.46. The van der Waals surface area contributed by atoms with Gasteiger partial charge in [0.05, 0.1) is 23.9 Å². The van der Waals surface area contributed by atoms with E-state index in [0.717, 1.165) is 6.07 Å². The second-order valence-corrected chi connectivity index (χ2v) is 5.41. The van der Waals surface area contributed by atoms with Crippen molar-refractivity contribution in [2.45, 2.75) is 0 Å². The molecule has 0 saturated carbocycles. The Kier molecular flexibility index (Phi) is 4.49. The molecule has 26 heavy (non-hydrogen) atoms. The van der Waals surface area contributed by atoms with Crippen molar-refractivity contribution >= 4 is 23.4 Å². The molecule has 0 aliphatic heterocycles. The van der Waals surface area contributed by atoms with E-state index in [2.05, 4.69) is 9.47 Å². The maximum Gasteiger partial charge on any atom is 0.508 e. The van der Waals surface area contributed by atoms with Gasteiger partial charge in [0, 0.05) is 17.2 Å². The highest BCUT2D eigenvalue weighted by Crippen LogP contribution is 2.41. The minimum Gasteiger partial charge on any atom is -0.507 e. The minimum absolute atomic E-state index is 0.00949. The van der Waals surface area contributed by atoms with E-state index in [1.54, 1.807) is 12.1 Å². The van der Waals surface area contributed by atoms with Gasteiger partial charge in [0.2, 0.25) is 0 Å². The van der Waals surface area contributed by atoms with E-state index in [-0.39, 0.29) is 46.9 Å². The van der Waals surface area contributed by atoms with Crippen LogP contribution in [-0.4, -0.2) is 43.2 Å². The Morgan fingerprint density at radius 1 is 1.08 bits per heavy atom. The summed E-state index contributed by atoms with van der Waals surface area (Å²) in [6.45, 7) is -0.212. The predicted octanol–water partition coefficient (Wildman–Crippen LogP) is 1.91. The fourth-order valence-corrected chi connectivity index (χ4v) is 2.73. The largest absolute Gasteiger partial charge is 0.508 e. The van der Waals surface area contributed by atoms with E-state index >= 15 is 0 Å². The Morgan fingerprint density at radius 3 is 2.31 bits per heavy atom. The molecular weight excluding hydrogens is 342 g/mol. The average Bonchev–Trinajstić information content (AvgIpc) is 2.65. The van der Waals surface area contributed by atoms with E-state index in [9.17, 15) is 19.5 Å². The number of carbonyl (C=O) groups is 3. The van der Waals surface area contributed by atoms with E-state index < -0.39 is 23.5 Å². The van der Waals surface area contributed by atoms with Crippen molar-refractivity contribution in [2.24, 2.45) is 0 Å². The zero-order valence-corrected chi connectivity index (χ0v) is 13.8. The van der Waals surface area contributed by atoms with Gasteiger partial charge >= 0.3 is 6.16 Å². The minimum atomic E-state index is -0.868. The van der Waals surface area contributed by atoms with Crippen LogP contribution in [-0.2, 0) is 9.47 Å². The summed E-state index contributed by atoms with van der Waals surface area (Å²) < 4.78 is 14.4. The third kappa shape index (κ3) is 2.81. The van der Waals surface area contributed by atoms with Crippen molar-refractivity contribution in [3.8, 4) is 11.5 Å². The number of rotatable bonds is 4. The maximum atomic E-state index is 12.8. The van der Waals surface area contributed by atoms with Gasteiger partial charge in [-0.1, -0.05) is 24.3 Å². The van der Waals surface area contributed by atoms with Crippen LogP contribution in [0.3, 0.4) is 0 Å². The van der Waals surface area contributed by atoms with Crippen LogP contribution in [0.15, 0.2) is 30.3 Å². The van der Waals surface area contributed by atoms with Gasteiger partial charge in [-0.05, 0) is 0 Å². The van der Waals surface area contributed by atoms with Gasteiger partial charge in [0.15, 0.2) is 11.6 Å². The van der Waals surface area contributed by atoms with Crippen LogP contribution in [0.5, 0.6) is 11.5 Å². The zero-order valence-electron chi connectivity index (χ0n) is 13.8. The summed E-state index contributed by atoms with van der Waals surface area (Å²) in [5.74, 6) is -1.36. The van der Waals surface area contributed by atoms with Crippen LogP contribution in [0, 0.1) is 0 Å². The van der Waals surface area contributed by atoms with Crippen molar-refractivity contribution in [1.29, 1.82) is 0 Å². The highest BCUT2D eigenvalue weighted by Gasteiger charge is 2.35. The monoisotopic (exact) mass is 357 g/mol. The Morgan fingerprint density at radius 2 is 1.69 bits per heavy atom. The quantitative estimate of drug-likeness (QED) is 0.314. The lowest BCUT2D eigenvalue weighted by molar-refractivity contribution is 0.0617. The van der Waals surface area contributed by atoms with Gasteiger partial charge in [-0.25, -0.2) is 4.79 Å². The number of fused-ring (bicyclic) bond motifs is 2. The number of nitrogen functional groups attached to an aromatic ring is 1. The summed E-state index contributed by atoms with van der Waals surface area (Å²) in [5, 5.41) is 10.2. The lowest BCUT2D eigenvalue weighted by Crippen LogP contribution is -2.23. The molecule has 8 heteroatoms. The first-order valence-corrected chi connectivity index (χ1v) is 7.63. The molecule has 1 aliphatic carbocycles. The molecule has 0 spiro atoms. The second-order valence-electron chi connectivity index (χ2n) is 5.41. The molecule has 0 radical (unpaired) electrons. The third-order valence-corrected chi connectivity index (χ3v) is 3.91. The molecular formula is C18H15NO7. The molecule has 134 valence electrons. The van der Waals surface area contributed by atoms with Gasteiger partial charge in [-0.15, -0.1) is 0 Å². The number of phenols is 1. The van der Waals surface area contributed by atoms with Crippen molar-refractivity contribution < 1.29 is 33.7 Å². The molecule has 0 aromatic heterocycles. The Hall–Kier alpha value is -3.55. The molecule has 1 aliphatic rings. The van der Waals surface area contributed by atoms with Gasteiger partial charge in [0.1, 0.15) is 24.7 Å². The molecule has 2 aromatic carbocycles. The number of phenolic OH excluding ortho intramolecular Hbond substituents is 1. The Balaban J connectivity index is 1.93. The van der Waals surface area contributed by atoms with Crippen LogP contribution in [0.4, 0.5) is 10.5 Å². The van der Waals surface area contributed by atoms with Crippen LogP contribution < -0.4 is 10.5 Å². The smallest absolute Gasteiger partial charge is 0.507 e. The second kappa shape index (κ2) is 6.75. The zero-order chi connectivity index (χ0) is 18.8. The summed E-state index contributed by atoms with van der Waals surface area (Å²) in [5.41, 5.74) is 6.11. The lowest BCUT2D eigenvalue weighted by Gasteiger charge is -2.21. The summed E-state index contributed by atoms with van der Waals surface area (Å²) in [6.07, 6.45) is -0.868. The number of ketones is 2. The first-order valence-electron chi connectivity index (χ1n) is 7.63. The number of hydrogen-bond donors (Lipinski definition) is 2. The molecule has 2 aromatic rings. The molecule has 0 atom stereocenters. The van der Waals surface area contributed by atoms with Crippen LogP contribution in [0.25, 0.3) is 0 Å². The van der Waals surface area contributed by atoms with Crippen LogP contribution in [0.1, 0.15) is 31.8 Å². The summed E-state index contributed by atoms with van der Waals surface area (Å²) in [4.78, 5) is 36.3. The number of methoxy groups -OCH3 is 1. The number of aromatic hydroxyl groups is 1. The summed E-state index contributed by atoms with van der Waals surface area (Å²) >= 11 is 0. The van der Waals surface area contributed by atoms with Crippen LogP contribution >= 0.6 is 0 Å². The molecule has 3 N–H and O–H groups in total. The molecule has 0 fully saturated rings. The number of hydrogen-bond acceptors (Lipinski definition) is 8. The average molecular weight is 357 g/mol. The number of carbonyl (C=O) groups excluding carboxylic acids is 3. The normalized spacial score (nSPS) is 12.2. The van der Waals surface area contributed by atoms with Crippen molar-refractivity contribution in [3.63, 3.8) is 0 Å². The third-order valence-electron chi connectivity index (χ3n) is 3.91. The first kappa shape index (κ1) is 17.3. The first-order chi connectivity index (χ1) is 12.5. The van der Waals surface area contributed by atoms with Gasteiger partial charge < -0.3 is 25.1 Å². The van der Waals surface area contributed by atoms with E-state index in [4.69, 9.17) is 10.5 Å². The molecule has 0 bridgehead atoms.